The lowest BCUT2D eigenvalue weighted by atomic mass is 10.0. The number of likely N-dealkylation sites (tertiary alicyclic amines) is 2. The van der Waals surface area contributed by atoms with E-state index in [4.69, 9.17) is 0 Å². The molecule has 0 aliphatic carbocycles. The van der Waals surface area contributed by atoms with Crippen LogP contribution in [0.2, 0.25) is 0 Å². The third-order valence-corrected chi connectivity index (χ3v) is 4.56. The number of piperidine rings is 1. The minimum Gasteiger partial charge on any atom is -0.335 e. The molecule has 0 radical (unpaired) electrons. The molecule has 4 nitrogen and oxygen atoms in total. The molecule has 21 heavy (non-hydrogen) atoms. The van der Waals surface area contributed by atoms with Crippen LogP contribution in [0.4, 0.5) is 4.79 Å². The van der Waals surface area contributed by atoms with E-state index in [1.54, 1.807) is 0 Å². The molecule has 0 saturated carbocycles. The molecule has 4 heteroatoms. The van der Waals surface area contributed by atoms with Crippen molar-refractivity contribution in [2.45, 2.75) is 38.3 Å². The number of amides is 2. The molecule has 0 aromatic heterocycles. The van der Waals surface area contributed by atoms with E-state index in [2.05, 4.69) is 40.5 Å². The fourth-order valence-corrected chi connectivity index (χ4v) is 3.26. The first-order chi connectivity index (χ1) is 10.3. The second-order valence-corrected chi connectivity index (χ2v) is 6.18. The highest BCUT2D eigenvalue weighted by atomic mass is 16.2. The second-order valence-electron chi connectivity index (χ2n) is 6.18. The molecule has 114 valence electrons. The van der Waals surface area contributed by atoms with Crippen molar-refractivity contribution in [1.82, 2.24) is 15.1 Å². The number of nitrogens with zero attached hydrogens (tertiary/aromatic N) is 2. The predicted octanol–water partition coefficient (Wildman–Crippen LogP) is 2.46. The van der Waals surface area contributed by atoms with E-state index in [9.17, 15) is 4.79 Å². The Labute approximate surface area is 127 Å². The van der Waals surface area contributed by atoms with Crippen LogP contribution in [0.5, 0.6) is 0 Å². The molecule has 0 spiro atoms. The minimum atomic E-state index is 0.147. The van der Waals surface area contributed by atoms with Gasteiger partial charge in [-0.05, 0) is 31.2 Å². The molecule has 0 atom stereocenters. The summed E-state index contributed by atoms with van der Waals surface area (Å²) in [6.45, 7) is 5.02. The van der Waals surface area contributed by atoms with Crippen molar-refractivity contribution in [3.8, 4) is 0 Å². The SMILES string of the molecule is O=C(NC1CCN(Cc2ccccc2)CC1)N1CCCC1. The molecule has 2 heterocycles. The van der Waals surface area contributed by atoms with Crippen molar-refractivity contribution in [1.29, 1.82) is 0 Å². The zero-order chi connectivity index (χ0) is 14.5. The van der Waals surface area contributed by atoms with E-state index in [-0.39, 0.29) is 6.03 Å². The van der Waals surface area contributed by atoms with Gasteiger partial charge in [0.15, 0.2) is 0 Å². The summed E-state index contributed by atoms with van der Waals surface area (Å²) in [6, 6.07) is 11.1. The third kappa shape index (κ3) is 3.97. The van der Waals surface area contributed by atoms with Gasteiger partial charge in [0.05, 0.1) is 0 Å². The van der Waals surface area contributed by atoms with Gasteiger partial charge < -0.3 is 10.2 Å². The van der Waals surface area contributed by atoms with Gasteiger partial charge in [-0.15, -0.1) is 0 Å². The lowest BCUT2D eigenvalue weighted by Gasteiger charge is -2.33. The normalized spacial score (nSPS) is 20.7. The first-order valence-electron chi connectivity index (χ1n) is 8.13. The largest absolute Gasteiger partial charge is 0.335 e. The van der Waals surface area contributed by atoms with Crippen molar-refractivity contribution in [2.75, 3.05) is 26.2 Å². The van der Waals surface area contributed by atoms with Crippen LogP contribution < -0.4 is 5.32 Å². The molecule has 2 aliphatic heterocycles. The van der Waals surface area contributed by atoms with E-state index in [1.807, 2.05) is 4.90 Å². The Morgan fingerprint density at radius 2 is 1.71 bits per heavy atom. The maximum atomic E-state index is 12.1. The van der Waals surface area contributed by atoms with Crippen LogP contribution in [0.25, 0.3) is 0 Å². The first kappa shape index (κ1) is 14.4. The van der Waals surface area contributed by atoms with Crippen molar-refractivity contribution in [3.05, 3.63) is 35.9 Å². The van der Waals surface area contributed by atoms with Crippen LogP contribution in [0.1, 0.15) is 31.2 Å². The number of rotatable bonds is 3. The summed E-state index contributed by atoms with van der Waals surface area (Å²) in [5, 5.41) is 3.21. The van der Waals surface area contributed by atoms with Gasteiger partial charge in [-0.1, -0.05) is 30.3 Å². The van der Waals surface area contributed by atoms with Gasteiger partial charge in [-0.3, -0.25) is 4.90 Å². The predicted molar refractivity (Wildman–Crippen MR) is 84.1 cm³/mol. The van der Waals surface area contributed by atoms with Gasteiger partial charge >= 0.3 is 6.03 Å². The number of nitrogens with one attached hydrogen (secondary N) is 1. The number of urea groups is 1. The van der Waals surface area contributed by atoms with Crippen molar-refractivity contribution >= 4 is 6.03 Å². The molecule has 0 unspecified atom stereocenters. The summed E-state index contributed by atoms with van der Waals surface area (Å²) >= 11 is 0. The molecule has 2 amide bonds. The van der Waals surface area contributed by atoms with Crippen molar-refractivity contribution in [2.24, 2.45) is 0 Å². The lowest BCUT2D eigenvalue weighted by molar-refractivity contribution is 0.174. The van der Waals surface area contributed by atoms with Crippen LogP contribution in [-0.4, -0.2) is 48.1 Å². The summed E-state index contributed by atoms with van der Waals surface area (Å²) < 4.78 is 0. The molecule has 1 N–H and O–H groups in total. The van der Waals surface area contributed by atoms with Gasteiger partial charge in [0.25, 0.3) is 0 Å². The second kappa shape index (κ2) is 6.94. The molecule has 2 aliphatic rings. The summed E-state index contributed by atoms with van der Waals surface area (Å²) in [5.41, 5.74) is 1.37. The third-order valence-electron chi connectivity index (χ3n) is 4.56. The van der Waals surface area contributed by atoms with E-state index in [0.29, 0.717) is 6.04 Å². The number of carbonyl (C=O) groups is 1. The zero-order valence-corrected chi connectivity index (χ0v) is 12.6. The van der Waals surface area contributed by atoms with Crippen molar-refractivity contribution in [3.63, 3.8) is 0 Å². The van der Waals surface area contributed by atoms with Crippen LogP contribution in [0.3, 0.4) is 0 Å². The van der Waals surface area contributed by atoms with Crippen LogP contribution in [0, 0.1) is 0 Å². The highest BCUT2D eigenvalue weighted by Crippen LogP contribution is 2.15. The van der Waals surface area contributed by atoms with Crippen molar-refractivity contribution < 1.29 is 4.79 Å². The van der Waals surface area contributed by atoms with Crippen LogP contribution in [0.15, 0.2) is 30.3 Å². The number of hydrogen-bond acceptors (Lipinski definition) is 2. The Morgan fingerprint density at radius 1 is 1.05 bits per heavy atom. The quantitative estimate of drug-likeness (QED) is 0.927. The molecular formula is C17H25N3O. The average molecular weight is 287 g/mol. The van der Waals surface area contributed by atoms with Gasteiger partial charge in [-0.25, -0.2) is 4.79 Å². The fraction of sp³-hybridized carbons (Fsp3) is 0.588. The zero-order valence-electron chi connectivity index (χ0n) is 12.6. The van der Waals surface area contributed by atoms with E-state index in [0.717, 1.165) is 58.4 Å². The highest BCUT2D eigenvalue weighted by Gasteiger charge is 2.24. The lowest BCUT2D eigenvalue weighted by Crippen LogP contribution is -2.48. The standard InChI is InChI=1S/C17H25N3O/c21-17(20-10-4-5-11-20)18-16-8-12-19(13-9-16)14-15-6-2-1-3-7-15/h1-3,6-7,16H,4-5,8-14H2,(H,18,21). The molecule has 2 fully saturated rings. The van der Waals surface area contributed by atoms with E-state index in [1.165, 1.54) is 5.56 Å². The smallest absolute Gasteiger partial charge is 0.317 e. The molecule has 1 aromatic rings. The Morgan fingerprint density at radius 3 is 2.38 bits per heavy atom. The summed E-state index contributed by atoms with van der Waals surface area (Å²) in [4.78, 5) is 16.5. The summed E-state index contributed by atoms with van der Waals surface area (Å²) in [5.74, 6) is 0. The Bertz CT molecular complexity index is 448. The monoisotopic (exact) mass is 287 g/mol. The summed E-state index contributed by atoms with van der Waals surface area (Å²) in [6.07, 6.45) is 4.44. The number of hydrogen-bond donors (Lipinski definition) is 1. The first-order valence-corrected chi connectivity index (χ1v) is 8.13. The van der Waals surface area contributed by atoms with Gasteiger partial charge in [-0.2, -0.15) is 0 Å². The maximum absolute atomic E-state index is 12.1. The van der Waals surface area contributed by atoms with Gasteiger partial charge in [0.1, 0.15) is 0 Å². The molecule has 3 rings (SSSR count). The van der Waals surface area contributed by atoms with Gasteiger partial charge in [0, 0.05) is 38.8 Å². The van der Waals surface area contributed by atoms with Crippen LogP contribution >= 0.6 is 0 Å². The number of benzene rings is 1. The molecular weight excluding hydrogens is 262 g/mol. The molecule has 1 aromatic carbocycles. The molecule has 2 saturated heterocycles. The fourth-order valence-electron chi connectivity index (χ4n) is 3.26. The topological polar surface area (TPSA) is 35.6 Å². The van der Waals surface area contributed by atoms with E-state index >= 15 is 0 Å². The average Bonchev–Trinajstić information content (AvgIpc) is 3.05. The van der Waals surface area contributed by atoms with Gasteiger partial charge in [0.2, 0.25) is 0 Å². The maximum Gasteiger partial charge on any atom is 0.317 e. The Kier molecular flexibility index (Phi) is 4.76. The van der Waals surface area contributed by atoms with Crippen LogP contribution in [-0.2, 0) is 6.54 Å². The highest BCUT2D eigenvalue weighted by molar-refractivity contribution is 5.74. The Hall–Kier alpha value is -1.55. The number of carbonyl (C=O) groups excluding carboxylic acids is 1. The summed E-state index contributed by atoms with van der Waals surface area (Å²) in [7, 11) is 0. The molecule has 0 bridgehead atoms. The minimum absolute atomic E-state index is 0.147. The van der Waals surface area contributed by atoms with E-state index < -0.39 is 0 Å². The Balaban J connectivity index is 1.41.